The summed E-state index contributed by atoms with van der Waals surface area (Å²) in [5, 5.41) is 11.2. The largest absolute Gasteiger partial charge is 0.322 e. The van der Waals surface area contributed by atoms with Gasteiger partial charge in [-0.2, -0.15) is 0 Å². The molecule has 2 N–H and O–H groups in total. The van der Waals surface area contributed by atoms with Crippen molar-refractivity contribution in [1.82, 2.24) is 20.2 Å². The Morgan fingerprint density at radius 2 is 2.36 bits per heavy atom. The number of hydrogen-bond acceptors (Lipinski definition) is 4. The van der Waals surface area contributed by atoms with E-state index in [0.717, 1.165) is 18.8 Å². The predicted molar refractivity (Wildman–Crippen MR) is 40.7 cm³/mol. The molecule has 0 aliphatic heterocycles. The average molecular weight is 155 g/mol. The van der Waals surface area contributed by atoms with Crippen molar-refractivity contribution in [3.63, 3.8) is 0 Å². The molecule has 5 nitrogen and oxygen atoms in total. The summed E-state index contributed by atoms with van der Waals surface area (Å²) in [4.78, 5) is 0. The number of hydrogen-bond donors (Lipinski definition) is 1. The number of rotatable bonds is 3. The normalized spacial score (nSPS) is 13.4. The zero-order valence-corrected chi connectivity index (χ0v) is 6.86. The molecule has 0 aliphatic carbocycles. The first-order chi connectivity index (χ1) is 5.25. The minimum Gasteiger partial charge on any atom is -0.322 e. The molecule has 0 saturated carbocycles. The maximum atomic E-state index is 5.63. The number of tetrazole rings is 1. The van der Waals surface area contributed by atoms with Gasteiger partial charge in [-0.25, -0.2) is 4.68 Å². The van der Waals surface area contributed by atoms with Crippen molar-refractivity contribution in [1.29, 1.82) is 0 Å². The van der Waals surface area contributed by atoms with Crippen LogP contribution in [0.4, 0.5) is 0 Å². The van der Waals surface area contributed by atoms with E-state index in [9.17, 15) is 0 Å². The molecule has 0 radical (unpaired) electrons. The fraction of sp³-hybridized carbons (Fsp3) is 0.833. The Balaban J connectivity index is 2.78. The Bertz CT molecular complexity index is 217. The Kier molecular flexibility index (Phi) is 2.53. The van der Waals surface area contributed by atoms with E-state index in [0.29, 0.717) is 0 Å². The standard InChI is InChI=1S/C6H13N5/c1-3-4-11-6(5(2)7)8-9-10-11/h5H,3-4,7H2,1-2H3. The van der Waals surface area contributed by atoms with E-state index >= 15 is 0 Å². The molecule has 0 bridgehead atoms. The first kappa shape index (κ1) is 8.13. The third-order valence-electron chi connectivity index (χ3n) is 1.40. The zero-order valence-electron chi connectivity index (χ0n) is 6.86. The van der Waals surface area contributed by atoms with Crippen molar-refractivity contribution >= 4 is 0 Å². The van der Waals surface area contributed by atoms with Gasteiger partial charge in [0.2, 0.25) is 0 Å². The quantitative estimate of drug-likeness (QED) is 0.672. The van der Waals surface area contributed by atoms with Gasteiger partial charge in [-0.1, -0.05) is 6.92 Å². The van der Waals surface area contributed by atoms with Crippen LogP contribution in [0.1, 0.15) is 32.1 Å². The van der Waals surface area contributed by atoms with Gasteiger partial charge in [0.1, 0.15) is 0 Å². The van der Waals surface area contributed by atoms with Gasteiger partial charge in [0.15, 0.2) is 5.82 Å². The summed E-state index contributed by atoms with van der Waals surface area (Å²) in [5.74, 6) is 0.756. The van der Waals surface area contributed by atoms with Crippen LogP contribution in [0.3, 0.4) is 0 Å². The average Bonchev–Trinajstić information content (AvgIpc) is 2.36. The summed E-state index contributed by atoms with van der Waals surface area (Å²) >= 11 is 0. The lowest BCUT2D eigenvalue weighted by molar-refractivity contribution is 0.535. The summed E-state index contributed by atoms with van der Waals surface area (Å²) < 4.78 is 1.74. The van der Waals surface area contributed by atoms with E-state index in [1.54, 1.807) is 4.68 Å². The highest BCUT2D eigenvalue weighted by Crippen LogP contribution is 2.03. The summed E-state index contributed by atoms with van der Waals surface area (Å²) in [6.07, 6.45) is 1.02. The SMILES string of the molecule is CCCn1nnnc1C(C)N. The second-order valence-corrected chi connectivity index (χ2v) is 2.55. The van der Waals surface area contributed by atoms with Crippen molar-refractivity contribution in [2.24, 2.45) is 5.73 Å². The number of aromatic nitrogens is 4. The molecule has 0 amide bonds. The van der Waals surface area contributed by atoms with Gasteiger partial charge in [-0.15, -0.1) is 5.10 Å². The third-order valence-corrected chi connectivity index (χ3v) is 1.40. The Hall–Kier alpha value is -0.970. The van der Waals surface area contributed by atoms with E-state index in [4.69, 9.17) is 5.73 Å². The van der Waals surface area contributed by atoms with E-state index in [-0.39, 0.29) is 6.04 Å². The summed E-state index contributed by atoms with van der Waals surface area (Å²) in [5.41, 5.74) is 5.63. The van der Waals surface area contributed by atoms with Crippen LogP contribution in [0.2, 0.25) is 0 Å². The second-order valence-electron chi connectivity index (χ2n) is 2.55. The Morgan fingerprint density at radius 1 is 1.64 bits per heavy atom. The molecule has 1 aromatic heterocycles. The molecule has 0 spiro atoms. The van der Waals surface area contributed by atoms with Crippen molar-refractivity contribution in [3.8, 4) is 0 Å². The number of aryl methyl sites for hydroxylation is 1. The van der Waals surface area contributed by atoms with E-state index in [1.165, 1.54) is 0 Å². The van der Waals surface area contributed by atoms with Crippen LogP contribution in [-0.4, -0.2) is 20.2 Å². The van der Waals surface area contributed by atoms with Crippen molar-refractivity contribution in [3.05, 3.63) is 5.82 Å². The fourth-order valence-electron chi connectivity index (χ4n) is 0.909. The fourth-order valence-corrected chi connectivity index (χ4v) is 0.909. The smallest absolute Gasteiger partial charge is 0.167 e. The molecule has 1 aromatic rings. The molecule has 1 atom stereocenters. The molecule has 62 valence electrons. The van der Waals surface area contributed by atoms with Crippen LogP contribution >= 0.6 is 0 Å². The highest BCUT2D eigenvalue weighted by molar-refractivity contribution is 4.86. The number of nitrogens with zero attached hydrogens (tertiary/aromatic N) is 4. The van der Waals surface area contributed by atoms with Crippen LogP contribution in [0, 0.1) is 0 Å². The second kappa shape index (κ2) is 3.43. The molecule has 0 aromatic carbocycles. The van der Waals surface area contributed by atoms with Gasteiger partial charge in [0.25, 0.3) is 0 Å². The zero-order chi connectivity index (χ0) is 8.27. The maximum Gasteiger partial charge on any atom is 0.167 e. The highest BCUT2D eigenvalue weighted by Gasteiger charge is 2.08. The molecule has 1 unspecified atom stereocenters. The van der Waals surface area contributed by atoms with Gasteiger partial charge < -0.3 is 5.73 Å². The molecule has 0 saturated heterocycles. The molecule has 1 heterocycles. The Morgan fingerprint density at radius 3 is 2.91 bits per heavy atom. The molecule has 5 heteroatoms. The third kappa shape index (κ3) is 1.74. The van der Waals surface area contributed by atoms with Crippen LogP contribution in [0.25, 0.3) is 0 Å². The van der Waals surface area contributed by atoms with Gasteiger partial charge in [0.05, 0.1) is 6.04 Å². The van der Waals surface area contributed by atoms with Crippen molar-refractivity contribution in [2.75, 3.05) is 0 Å². The van der Waals surface area contributed by atoms with Gasteiger partial charge in [-0.05, 0) is 23.8 Å². The molecule has 0 aliphatic rings. The lowest BCUT2D eigenvalue weighted by Crippen LogP contribution is -2.14. The van der Waals surface area contributed by atoms with E-state index in [1.807, 2.05) is 6.92 Å². The maximum absolute atomic E-state index is 5.63. The van der Waals surface area contributed by atoms with Crippen molar-refractivity contribution in [2.45, 2.75) is 32.9 Å². The summed E-state index contributed by atoms with van der Waals surface area (Å²) in [6.45, 7) is 4.79. The van der Waals surface area contributed by atoms with Crippen LogP contribution < -0.4 is 5.73 Å². The molecular weight excluding hydrogens is 142 g/mol. The molecule has 1 rings (SSSR count). The summed E-state index contributed by atoms with van der Waals surface area (Å²) in [6, 6.07) is -0.0865. The first-order valence-electron chi connectivity index (χ1n) is 3.77. The van der Waals surface area contributed by atoms with E-state index in [2.05, 4.69) is 22.4 Å². The monoisotopic (exact) mass is 155 g/mol. The lowest BCUT2D eigenvalue weighted by Gasteiger charge is -2.04. The predicted octanol–water partition coefficient (Wildman–Crippen LogP) is 0.103. The Labute approximate surface area is 65.6 Å². The topological polar surface area (TPSA) is 69.6 Å². The first-order valence-corrected chi connectivity index (χ1v) is 3.77. The van der Waals surface area contributed by atoms with Gasteiger partial charge in [-0.3, -0.25) is 0 Å². The van der Waals surface area contributed by atoms with Crippen LogP contribution in [-0.2, 0) is 6.54 Å². The molecular formula is C6H13N5. The van der Waals surface area contributed by atoms with Crippen LogP contribution in [0.5, 0.6) is 0 Å². The number of nitrogens with two attached hydrogens (primary N) is 1. The van der Waals surface area contributed by atoms with Crippen molar-refractivity contribution < 1.29 is 0 Å². The van der Waals surface area contributed by atoms with E-state index < -0.39 is 0 Å². The van der Waals surface area contributed by atoms with Gasteiger partial charge >= 0.3 is 0 Å². The lowest BCUT2D eigenvalue weighted by atomic mass is 10.3. The highest BCUT2D eigenvalue weighted by atomic mass is 15.5. The van der Waals surface area contributed by atoms with Crippen LogP contribution in [0.15, 0.2) is 0 Å². The van der Waals surface area contributed by atoms with Gasteiger partial charge in [0, 0.05) is 6.54 Å². The molecule has 0 fully saturated rings. The molecule has 11 heavy (non-hydrogen) atoms. The summed E-state index contributed by atoms with van der Waals surface area (Å²) in [7, 11) is 0. The minimum absolute atomic E-state index is 0.0865. The minimum atomic E-state index is -0.0865.